The zero-order valence-electron chi connectivity index (χ0n) is 22.3. The molecule has 3 aliphatic rings. The van der Waals surface area contributed by atoms with E-state index in [-0.39, 0.29) is 31.1 Å². The summed E-state index contributed by atoms with van der Waals surface area (Å²) in [5, 5.41) is 7.00. The topological polar surface area (TPSA) is 29.5 Å². The third-order valence-corrected chi connectivity index (χ3v) is 12.0. The molecule has 4 rings (SSSR count). The van der Waals surface area contributed by atoms with Crippen LogP contribution >= 0.6 is 23.5 Å². The minimum atomic E-state index is -0.0576. The SMILES string of the molecule is CC.CC.CO.[CH3][Sb][CH]1C=CC(Oc2ccc(C3(C4=CCC(C)(C)C=C4)SCCS3)cc2)=CC1. The van der Waals surface area contributed by atoms with E-state index in [9.17, 15) is 0 Å². The Labute approximate surface area is 228 Å². The van der Waals surface area contributed by atoms with E-state index in [1.807, 2.05) is 27.7 Å². The minimum absolute atomic E-state index is 0.0366. The van der Waals surface area contributed by atoms with Gasteiger partial charge in [0.15, 0.2) is 0 Å². The number of rotatable bonds is 5. The van der Waals surface area contributed by atoms with Crippen LogP contribution in [-0.2, 0) is 4.08 Å². The van der Waals surface area contributed by atoms with E-state index in [0.717, 1.165) is 35.3 Å². The third-order valence-electron chi connectivity index (χ3n) is 5.48. The number of thioether (sulfide) groups is 2. The van der Waals surface area contributed by atoms with Crippen molar-refractivity contribution in [2.75, 3.05) is 18.6 Å². The third kappa shape index (κ3) is 8.54. The number of aliphatic hydroxyl groups is 1. The first-order valence-electron chi connectivity index (χ1n) is 12.4. The van der Waals surface area contributed by atoms with E-state index in [1.54, 1.807) is 0 Å². The fourth-order valence-corrected chi connectivity index (χ4v) is 8.67. The Morgan fingerprint density at radius 2 is 1.56 bits per heavy atom. The molecule has 1 aliphatic heterocycles. The van der Waals surface area contributed by atoms with Crippen molar-refractivity contribution in [1.82, 2.24) is 0 Å². The van der Waals surface area contributed by atoms with Crippen LogP contribution in [0.3, 0.4) is 0 Å². The Hall–Kier alpha value is -0.542. The number of benzene rings is 1. The van der Waals surface area contributed by atoms with E-state index in [0.29, 0.717) is 0 Å². The maximum absolute atomic E-state index is 7.00. The zero-order valence-corrected chi connectivity index (χ0v) is 26.5. The molecule has 1 aromatic carbocycles. The first-order valence-corrected chi connectivity index (χ1v) is 18.4. The molecule has 1 N–H and O–H groups in total. The number of hydrogen-bond acceptors (Lipinski definition) is 4. The summed E-state index contributed by atoms with van der Waals surface area (Å²) in [7, 11) is 1.00. The van der Waals surface area contributed by atoms with Crippen molar-refractivity contribution in [2.24, 2.45) is 5.41 Å². The van der Waals surface area contributed by atoms with Gasteiger partial charge in [-0.25, -0.2) is 0 Å². The molecule has 5 heteroatoms. The van der Waals surface area contributed by atoms with Gasteiger partial charge in [-0.15, -0.1) is 0 Å². The van der Waals surface area contributed by atoms with Crippen LogP contribution in [0.15, 0.2) is 72.1 Å². The molecule has 0 bridgehead atoms. The Bertz CT molecular complexity index is 832. The molecule has 1 heterocycles. The molecule has 1 fully saturated rings. The predicted molar refractivity (Wildman–Crippen MR) is 157 cm³/mol. The molecule has 0 saturated carbocycles. The quantitative estimate of drug-likeness (QED) is 0.338. The predicted octanol–water partition coefficient (Wildman–Crippen LogP) is 8.66. The van der Waals surface area contributed by atoms with Crippen LogP contribution in [0, 0.1) is 5.41 Å². The Kier molecular flexibility index (Phi) is 15.1. The second-order valence-corrected chi connectivity index (χ2v) is 14.4. The molecular weight excluding hydrogens is 566 g/mol. The maximum atomic E-state index is 7.00. The van der Waals surface area contributed by atoms with E-state index in [1.165, 1.54) is 22.6 Å². The van der Waals surface area contributed by atoms with Gasteiger partial charge in [0.25, 0.3) is 0 Å². The van der Waals surface area contributed by atoms with E-state index < -0.39 is 0 Å². The van der Waals surface area contributed by atoms with Gasteiger partial charge in [0.2, 0.25) is 0 Å². The second-order valence-electron chi connectivity index (χ2n) is 8.15. The standard InChI is InChI=1S/C23H25OS2.2C2H6.CH4O.CH3.Sb/c1-22(2)14-12-19(13-15-22)23(25-16-17-26-23)18-8-10-21(11-9-18)24-20-6-4-3-5-7-20;3*1-2;;/h3-4,6-14H,5,15-17H2,1-2H3;2*1-2H3;2H,1H3;1H3;. The monoisotopic (exact) mass is 609 g/mol. The summed E-state index contributed by atoms with van der Waals surface area (Å²) >= 11 is 4.10. The first-order chi connectivity index (χ1) is 16.5. The molecule has 1 aromatic rings. The van der Waals surface area contributed by atoms with Crippen LogP contribution in [-0.4, -0.2) is 45.3 Å². The van der Waals surface area contributed by atoms with Crippen molar-refractivity contribution >= 4 is 45.1 Å². The van der Waals surface area contributed by atoms with Gasteiger partial charge < -0.3 is 5.11 Å². The summed E-state index contributed by atoms with van der Waals surface area (Å²) in [6, 6.07) is 8.82. The van der Waals surface area contributed by atoms with Gasteiger partial charge in [0, 0.05) is 7.11 Å². The summed E-state index contributed by atoms with van der Waals surface area (Å²) in [6.45, 7) is 12.6. The average Bonchev–Trinajstić information content (AvgIpc) is 3.40. The van der Waals surface area contributed by atoms with Crippen LogP contribution < -0.4 is 4.74 Å². The van der Waals surface area contributed by atoms with Gasteiger partial charge in [-0.05, 0) is 11.8 Å². The van der Waals surface area contributed by atoms with E-state index in [2.05, 4.69) is 103 Å². The molecule has 1 radical (unpaired) electrons. The summed E-state index contributed by atoms with van der Waals surface area (Å²) in [4.78, 5) is 2.39. The summed E-state index contributed by atoms with van der Waals surface area (Å²) in [5.41, 5.74) is 3.12. The Morgan fingerprint density at radius 1 is 0.941 bits per heavy atom. The molecule has 34 heavy (non-hydrogen) atoms. The second kappa shape index (κ2) is 16.3. The van der Waals surface area contributed by atoms with Crippen molar-refractivity contribution in [1.29, 1.82) is 0 Å². The van der Waals surface area contributed by atoms with Crippen molar-refractivity contribution in [3.8, 4) is 5.75 Å². The molecule has 0 aromatic heterocycles. The van der Waals surface area contributed by atoms with Crippen molar-refractivity contribution < 1.29 is 9.84 Å². The van der Waals surface area contributed by atoms with Crippen LogP contribution in [0.25, 0.3) is 0 Å². The van der Waals surface area contributed by atoms with Crippen LogP contribution in [0.5, 0.6) is 5.75 Å². The normalized spacial score (nSPS) is 21.4. The molecule has 1 unspecified atom stereocenters. The Balaban J connectivity index is 0.000000894. The van der Waals surface area contributed by atoms with Crippen LogP contribution in [0.1, 0.15) is 59.9 Å². The van der Waals surface area contributed by atoms with Crippen molar-refractivity contribution in [2.45, 2.75) is 67.2 Å². The first kappa shape index (κ1) is 31.5. The molecule has 0 spiro atoms. The van der Waals surface area contributed by atoms with Crippen molar-refractivity contribution in [3.63, 3.8) is 0 Å². The van der Waals surface area contributed by atoms with Gasteiger partial charge in [0.1, 0.15) is 0 Å². The van der Waals surface area contributed by atoms with E-state index in [4.69, 9.17) is 9.84 Å². The molecule has 2 aliphatic carbocycles. The number of ether oxygens (including phenoxy) is 1. The summed E-state index contributed by atoms with van der Waals surface area (Å²) < 4.78 is 6.97. The average molecular weight is 611 g/mol. The van der Waals surface area contributed by atoms with Crippen molar-refractivity contribution in [3.05, 3.63) is 77.6 Å². The number of hydrogen-bond donors (Lipinski definition) is 1. The molecule has 189 valence electrons. The fraction of sp³-hybridized carbons (Fsp3) is 0.517. The van der Waals surface area contributed by atoms with Gasteiger partial charge in [-0.2, -0.15) is 0 Å². The zero-order chi connectivity index (χ0) is 25.6. The van der Waals surface area contributed by atoms with Gasteiger partial charge in [0.05, 0.1) is 0 Å². The molecule has 1 saturated heterocycles. The number of allylic oxidation sites excluding steroid dienone is 6. The van der Waals surface area contributed by atoms with Crippen LogP contribution in [0.4, 0.5) is 0 Å². The van der Waals surface area contributed by atoms with Crippen LogP contribution in [0.2, 0.25) is 8.73 Å². The molecule has 0 amide bonds. The Morgan fingerprint density at radius 3 is 2.03 bits per heavy atom. The fourth-order valence-electron chi connectivity index (χ4n) is 3.72. The summed E-state index contributed by atoms with van der Waals surface area (Å²) in [6.07, 6.45) is 16.2. The van der Waals surface area contributed by atoms with Gasteiger partial charge in [-0.3, -0.25) is 0 Å². The number of aliphatic hydroxyl groups excluding tert-OH is 1. The molecule has 2 nitrogen and oxygen atoms in total. The van der Waals surface area contributed by atoms with Gasteiger partial charge >= 0.3 is 158 Å². The molecule has 1 atom stereocenters. The van der Waals surface area contributed by atoms with E-state index >= 15 is 0 Å². The molecular formula is C29H44O2S2Sb. The summed E-state index contributed by atoms with van der Waals surface area (Å²) in [5.74, 6) is 4.34. The van der Waals surface area contributed by atoms with Gasteiger partial charge in [-0.1, -0.05) is 47.6 Å².